The number of rotatable bonds is 14. The van der Waals surface area contributed by atoms with Crippen LogP contribution in [0.1, 0.15) is 52.0 Å². The third-order valence-electron chi connectivity index (χ3n) is 5.69. The highest BCUT2D eigenvalue weighted by atomic mass is 16.5. The van der Waals surface area contributed by atoms with Crippen LogP contribution in [-0.4, -0.2) is 38.2 Å². The second-order valence-corrected chi connectivity index (χ2v) is 8.59. The highest BCUT2D eigenvalue weighted by Crippen LogP contribution is 2.24. The number of aryl methyl sites for hydroxylation is 1. The van der Waals surface area contributed by atoms with E-state index in [4.69, 9.17) is 23.7 Å². The van der Waals surface area contributed by atoms with Crippen molar-refractivity contribution in [2.45, 2.75) is 32.6 Å². The molecule has 0 aliphatic carbocycles. The minimum Gasteiger partial charge on any atom is -0.496 e. The average molecular weight is 533 g/mol. The molecule has 8 nitrogen and oxygen atoms in total. The summed E-state index contributed by atoms with van der Waals surface area (Å²) in [6, 6.07) is 17.9. The van der Waals surface area contributed by atoms with Crippen molar-refractivity contribution in [2.24, 2.45) is 0 Å². The number of esters is 3. The predicted molar refractivity (Wildman–Crippen MR) is 146 cm³/mol. The van der Waals surface area contributed by atoms with Crippen LogP contribution >= 0.6 is 0 Å². The minimum atomic E-state index is -0.526. The lowest BCUT2D eigenvalue weighted by Crippen LogP contribution is -2.10. The molecule has 0 saturated carbocycles. The largest absolute Gasteiger partial charge is 0.496 e. The minimum absolute atomic E-state index is 0.302. The van der Waals surface area contributed by atoms with Crippen molar-refractivity contribution in [1.29, 1.82) is 0 Å². The van der Waals surface area contributed by atoms with Gasteiger partial charge in [0.1, 0.15) is 23.0 Å². The molecular weight excluding hydrogens is 500 g/mol. The highest BCUT2D eigenvalue weighted by molar-refractivity contribution is 5.92. The zero-order valence-electron chi connectivity index (χ0n) is 22.1. The number of methoxy groups -OCH3 is 1. The Kier molecular flexibility index (Phi) is 11.1. The first kappa shape index (κ1) is 29.0. The summed E-state index contributed by atoms with van der Waals surface area (Å²) in [5, 5.41) is 0. The highest BCUT2D eigenvalue weighted by Gasteiger charge is 2.13. The Bertz CT molecular complexity index is 1260. The van der Waals surface area contributed by atoms with Crippen molar-refractivity contribution >= 4 is 17.9 Å². The Morgan fingerprint density at radius 2 is 1.26 bits per heavy atom. The quantitative estimate of drug-likeness (QED) is 0.106. The Balaban J connectivity index is 1.40. The lowest BCUT2D eigenvalue weighted by Gasteiger charge is -2.09. The van der Waals surface area contributed by atoms with Crippen molar-refractivity contribution in [3.8, 4) is 23.0 Å². The summed E-state index contributed by atoms with van der Waals surface area (Å²) >= 11 is 0. The SMILES string of the molecule is C=CC(=O)OCCCCCCOc1ccc(C(=O)Oc2ccc(C(=O)Oc3ccc(OC)c(C)c3)cc2)cc1. The van der Waals surface area contributed by atoms with Gasteiger partial charge in [0.25, 0.3) is 0 Å². The van der Waals surface area contributed by atoms with Gasteiger partial charge in [-0.25, -0.2) is 14.4 Å². The van der Waals surface area contributed by atoms with E-state index in [0.717, 1.165) is 37.3 Å². The van der Waals surface area contributed by atoms with Gasteiger partial charge >= 0.3 is 17.9 Å². The number of carbonyl (C=O) groups excluding carboxylic acids is 3. The normalized spacial score (nSPS) is 10.3. The van der Waals surface area contributed by atoms with Crippen molar-refractivity contribution in [1.82, 2.24) is 0 Å². The molecule has 0 amide bonds. The number of unbranched alkanes of at least 4 members (excludes halogenated alkanes) is 3. The lowest BCUT2D eigenvalue weighted by atomic mass is 10.2. The molecule has 0 unspecified atom stereocenters. The third-order valence-corrected chi connectivity index (χ3v) is 5.69. The van der Waals surface area contributed by atoms with Gasteiger partial charge < -0.3 is 23.7 Å². The summed E-state index contributed by atoms with van der Waals surface area (Å²) in [5.41, 5.74) is 1.54. The fourth-order valence-electron chi connectivity index (χ4n) is 3.57. The first-order valence-electron chi connectivity index (χ1n) is 12.6. The summed E-state index contributed by atoms with van der Waals surface area (Å²) in [6.45, 7) is 6.15. The summed E-state index contributed by atoms with van der Waals surface area (Å²) in [4.78, 5) is 35.9. The van der Waals surface area contributed by atoms with E-state index in [-0.39, 0.29) is 0 Å². The number of benzene rings is 3. The molecule has 0 heterocycles. The number of carbonyl (C=O) groups is 3. The van der Waals surface area contributed by atoms with Gasteiger partial charge in [0.05, 0.1) is 31.5 Å². The monoisotopic (exact) mass is 532 g/mol. The molecule has 204 valence electrons. The van der Waals surface area contributed by atoms with E-state index in [0.29, 0.717) is 47.3 Å². The van der Waals surface area contributed by atoms with Crippen LogP contribution in [0.5, 0.6) is 23.0 Å². The van der Waals surface area contributed by atoms with Gasteiger partial charge in [-0.05, 0) is 105 Å². The molecule has 0 atom stereocenters. The molecule has 3 aromatic rings. The van der Waals surface area contributed by atoms with E-state index in [2.05, 4.69) is 6.58 Å². The second kappa shape index (κ2) is 15.0. The molecule has 3 rings (SSSR count). The Morgan fingerprint density at radius 1 is 0.718 bits per heavy atom. The fraction of sp³-hybridized carbons (Fsp3) is 0.258. The summed E-state index contributed by atoms with van der Waals surface area (Å²) in [7, 11) is 1.58. The summed E-state index contributed by atoms with van der Waals surface area (Å²) in [5.74, 6) is 0.617. The van der Waals surface area contributed by atoms with Gasteiger partial charge in [-0.15, -0.1) is 0 Å². The maximum atomic E-state index is 12.5. The number of ether oxygens (including phenoxy) is 5. The second-order valence-electron chi connectivity index (χ2n) is 8.59. The summed E-state index contributed by atoms with van der Waals surface area (Å²) < 4.78 is 26.7. The summed E-state index contributed by atoms with van der Waals surface area (Å²) in [6.07, 6.45) is 4.70. The number of hydrogen-bond acceptors (Lipinski definition) is 8. The predicted octanol–water partition coefficient (Wildman–Crippen LogP) is 6.11. The topological polar surface area (TPSA) is 97.4 Å². The van der Waals surface area contributed by atoms with E-state index in [1.54, 1.807) is 49.6 Å². The molecule has 3 aromatic carbocycles. The van der Waals surface area contributed by atoms with Crippen LogP contribution < -0.4 is 18.9 Å². The maximum Gasteiger partial charge on any atom is 0.343 e. The van der Waals surface area contributed by atoms with E-state index < -0.39 is 17.9 Å². The standard InChI is InChI=1S/C31H32O8/c1-4-29(32)37-20-8-6-5-7-19-36-25-13-9-23(10-14-25)30(33)38-26-15-11-24(12-16-26)31(34)39-27-17-18-28(35-3)22(2)21-27/h4,9-18,21H,1,5-8,19-20H2,2-3H3. The van der Waals surface area contributed by atoms with Crippen molar-refractivity contribution in [2.75, 3.05) is 20.3 Å². The molecular formula is C31H32O8. The van der Waals surface area contributed by atoms with Crippen molar-refractivity contribution in [3.63, 3.8) is 0 Å². The maximum absolute atomic E-state index is 12.5. The number of hydrogen-bond donors (Lipinski definition) is 0. The first-order valence-corrected chi connectivity index (χ1v) is 12.6. The third kappa shape index (κ3) is 9.34. The first-order chi connectivity index (χ1) is 18.9. The molecule has 0 fully saturated rings. The van der Waals surface area contributed by atoms with E-state index in [1.807, 2.05) is 6.92 Å². The van der Waals surface area contributed by atoms with Crippen molar-refractivity contribution < 1.29 is 38.1 Å². The molecule has 0 aliphatic heterocycles. The Hall–Kier alpha value is -4.59. The zero-order valence-corrected chi connectivity index (χ0v) is 22.1. The van der Waals surface area contributed by atoms with Crippen LogP contribution in [0.4, 0.5) is 0 Å². The van der Waals surface area contributed by atoms with Crippen LogP contribution in [0.25, 0.3) is 0 Å². The Morgan fingerprint density at radius 3 is 1.82 bits per heavy atom. The van der Waals surface area contributed by atoms with Crippen LogP contribution in [0, 0.1) is 6.92 Å². The molecule has 0 aromatic heterocycles. The molecule has 0 aliphatic rings. The molecule has 39 heavy (non-hydrogen) atoms. The lowest BCUT2D eigenvalue weighted by molar-refractivity contribution is -0.137. The fourth-order valence-corrected chi connectivity index (χ4v) is 3.57. The Labute approximate surface area is 228 Å². The van der Waals surface area contributed by atoms with E-state index >= 15 is 0 Å². The molecule has 0 radical (unpaired) electrons. The van der Waals surface area contributed by atoms with E-state index in [1.165, 1.54) is 24.3 Å². The van der Waals surface area contributed by atoms with E-state index in [9.17, 15) is 14.4 Å². The molecule has 8 heteroatoms. The van der Waals surface area contributed by atoms with Crippen LogP contribution in [-0.2, 0) is 9.53 Å². The van der Waals surface area contributed by atoms with Gasteiger partial charge in [0, 0.05) is 6.08 Å². The van der Waals surface area contributed by atoms with Crippen LogP contribution in [0.15, 0.2) is 79.4 Å². The van der Waals surface area contributed by atoms with Crippen LogP contribution in [0.3, 0.4) is 0 Å². The molecule has 0 bridgehead atoms. The van der Waals surface area contributed by atoms with Gasteiger partial charge in [-0.1, -0.05) is 6.58 Å². The molecule has 0 N–H and O–H groups in total. The van der Waals surface area contributed by atoms with Gasteiger partial charge in [0.2, 0.25) is 0 Å². The van der Waals surface area contributed by atoms with Gasteiger partial charge in [0.15, 0.2) is 0 Å². The molecule has 0 saturated heterocycles. The zero-order chi connectivity index (χ0) is 28.0. The average Bonchev–Trinajstić information content (AvgIpc) is 2.95. The molecule has 0 spiro atoms. The van der Waals surface area contributed by atoms with Crippen molar-refractivity contribution in [3.05, 3.63) is 96.1 Å². The smallest absolute Gasteiger partial charge is 0.343 e. The van der Waals surface area contributed by atoms with Gasteiger partial charge in [-0.3, -0.25) is 0 Å². The van der Waals surface area contributed by atoms with Gasteiger partial charge in [-0.2, -0.15) is 0 Å². The van der Waals surface area contributed by atoms with Crippen LogP contribution in [0.2, 0.25) is 0 Å².